The Morgan fingerprint density at radius 1 is 0.309 bits per heavy atom. The molecule has 0 saturated carbocycles. The van der Waals surface area contributed by atoms with Crippen LogP contribution in [0.25, 0.3) is 159 Å². The van der Waals surface area contributed by atoms with E-state index in [1.807, 2.05) is 6.07 Å². The molecule has 0 radical (unpaired) electrons. The highest BCUT2D eigenvalue weighted by atomic mass is 16.3. The molecule has 0 unspecified atom stereocenters. The van der Waals surface area contributed by atoms with Gasteiger partial charge in [-0.05, 0) is 176 Å². The Labute approximate surface area is 390 Å². The monoisotopic (exact) mass is 862 g/mol. The molecule has 0 bridgehead atoms. The largest absolute Gasteiger partial charge is 0.456 e. The molecule has 1 aliphatic rings. The fraction of sp³-hybridized carbons (Fsp3) is 0.0303. The van der Waals surface area contributed by atoms with Crippen LogP contribution in [0.1, 0.15) is 17.5 Å². The lowest BCUT2D eigenvalue weighted by atomic mass is 9.81. The molecule has 2 aromatic heterocycles. The molecule has 0 spiro atoms. The molecular weight excluding hydrogens is 825 g/mol. The van der Waals surface area contributed by atoms with Crippen molar-refractivity contribution in [2.75, 3.05) is 0 Å². The van der Waals surface area contributed by atoms with Gasteiger partial charge in [-0.1, -0.05) is 158 Å². The van der Waals surface area contributed by atoms with Crippen LogP contribution in [-0.4, -0.2) is 0 Å². The summed E-state index contributed by atoms with van der Waals surface area (Å²) in [5.74, 6) is 0. The summed E-state index contributed by atoms with van der Waals surface area (Å²) in [5.41, 5.74) is 15.7. The fourth-order valence-corrected chi connectivity index (χ4v) is 12.3. The number of rotatable bonds is 4. The number of para-hydroxylation sites is 1. The third kappa shape index (κ3) is 5.01. The van der Waals surface area contributed by atoms with Crippen LogP contribution in [0.4, 0.5) is 0 Å². The van der Waals surface area contributed by atoms with Crippen molar-refractivity contribution in [3.8, 4) is 44.5 Å². The predicted molar refractivity (Wildman–Crippen MR) is 288 cm³/mol. The fourth-order valence-electron chi connectivity index (χ4n) is 12.3. The Kier molecular flexibility index (Phi) is 7.21. The normalized spacial score (nSPS) is 13.1. The molecule has 13 aromatic carbocycles. The van der Waals surface area contributed by atoms with E-state index in [4.69, 9.17) is 8.83 Å². The predicted octanol–water partition coefficient (Wildman–Crippen LogP) is 18.9. The first-order valence-electron chi connectivity index (χ1n) is 23.8. The van der Waals surface area contributed by atoms with Gasteiger partial charge in [0.1, 0.15) is 22.3 Å². The number of hydrogen-bond acceptors (Lipinski definition) is 2. The number of benzene rings is 13. The van der Waals surface area contributed by atoms with Crippen molar-refractivity contribution in [1.29, 1.82) is 0 Å². The van der Waals surface area contributed by atoms with E-state index in [0.717, 1.165) is 62.5 Å². The van der Waals surface area contributed by atoms with Crippen molar-refractivity contribution in [2.24, 2.45) is 0 Å². The van der Waals surface area contributed by atoms with Crippen molar-refractivity contribution < 1.29 is 8.83 Å². The third-order valence-corrected chi connectivity index (χ3v) is 15.4. The summed E-state index contributed by atoms with van der Waals surface area (Å²) in [5, 5.41) is 19.9. The minimum absolute atomic E-state index is 0.889. The van der Waals surface area contributed by atoms with Crippen molar-refractivity contribution >= 4 is 115 Å². The Morgan fingerprint density at radius 2 is 0.809 bits per heavy atom. The minimum Gasteiger partial charge on any atom is -0.456 e. The van der Waals surface area contributed by atoms with E-state index in [1.54, 1.807) is 0 Å². The van der Waals surface area contributed by atoms with Gasteiger partial charge in [-0.15, -0.1) is 0 Å². The molecule has 314 valence electrons. The molecule has 15 aromatic rings. The minimum atomic E-state index is 0.889. The summed E-state index contributed by atoms with van der Waals surface area (Å²) in [6, 6.07) is 72.7. The van der Waals surface area contributed by atoms with Gasteiger partial charge < -0.3 is 8.83 Å². The average Bonchev–Trinajstić information content (AvgIpc) is 3.97. The molecule has 0 atom stereocenters. The van der Waals surface area contributed by atoms with Crippen molar-refractivity contribution in [1.82, 2.24) is 0 Å². The zero-order chi connectivity index (χ0) is 44.2. The lowest BCUT2D eigenvalue weighted by Crippen LogP contribution is -1.95. The maximum atomic E-state index is 6.76. The van der Waals surface area contributed by atoms with Crippen LogP contribution in [-0.2, 0) is 6.42 Å². The molecule has 2 heteroatoms. The summed E-state index contributed by atoms with van der Waals surface area (Å²) in [7, 11) is 0. The summed E-state index contributed by atoms with van der Waals surface area (Å²) < 4.78 is 13.2. The molecule has 1 aliphatic carbocycles. The molecule has 0 fully saturated rings. The zero-order valence-corrected chi connectivity index (χ0v) is 36.9. The highest BCUT2D eigenvalue weighted by molar-refractivity contribution is 6.28. The van der Waals surface area contributed by atoms with Gasteiger partial charge in [0.25, 0.3) is 0 Å². The van der Waals surface area contributed by atoms with Crippen molar-refractivity contribution in [3.63, 3.8) is 0 Å². The average molecular weight is 863 g/mol. The van der Waals surface area contributed by atoms with E-state index in [9.17, 15) is 0 Å². The summed E-state index contributed by atoms with van der Waals surface area (Å²) in [4.78, 5) is 0. The van der Waals surface area contributed by atoms with E-state index in [1.165, 1.54) is 115 Å². The molecule has 0 amide bonds. The number of fused-ring (bicyclic) bond motifs is 8. The van der Waals surface area contributed by atoms with Gasteiger partial charge in [0.05, 0.1) is 0 Å². The van der Waals surface area contributed by atoms with Crippen LogP contribution < -0.4 is 0 Å². The van der Waals surface area contributed by atoms with Gasteiger partial charge in [-0.2, -0.15) is 0 Å². The van der Waals surface area contributed by atoms with Gasteiger partial charge in [0.15, 0.2) is 0 Å². The van der Waals surface area contributed by atoms with Crippen LogP contribution in [0.3, 0.4) is 0 Å². The smallest absolute Gasteiger partial charge is 0.139 e. The van der Waals surface area contributed by atoms with Crippen molar-refractivity contribution in [3.05, 3.63) is 211 Å². The second-order valence-electron chi connectivity index (χ2n) is 19.0. The number of hydrogen-bond donors (Lipinski definition) is 0. The standard InChI is InChI=1S/C66H38O2/c1-2-12-46-37(7-1)19-30-52-58-34-45(25-32-61(58)68-66(46)52)54-35-53(44-24-31-60-57(33-44)49-13-3-4-14-59(49)67-60)55(47-26-20-42-17-15-38-8-5-10-40-22-28-50(47)64(42)62(38)40)36-56(54)48-27-21-43-18-16-39-9-6-11-41-23-29-51(48)65(43)63(39)41/h1,3-11,13-36H,2,12H2. The van der Waals surface area contributed by atoms with E-state index in [-0.39, 0.29) is 0 Å². The van der Waals surface area contributed by atoms with Gasteiger partial charge in [0.2, 0.25) is 0 Å². The van der Waals surface area contributed by atoms with Crippen LogP contribution in [0.2, 0.25) is 0 Å². The van der Waals surface area contributed by atoms with Gasteiger partial charge >= 0.3 is 0 Å². The lowest BCUT2D eigenvalue weighted by molar-refractivity contribution is 0.661. The van der Waals surface area contributed by atoms with E-state index in [2.05, 4.69) is 200 Å². The molecule has 0 N–H and O–H groups in total. The molecule has 68 heavy (non-hydrogen) atoms. The van der Waals surface area contributed by atoms with Crippen molar-refractivity contribution in [2.45, 2.75) is 12.8 Å². The summed E-state index contributed by atoms with van der Waals surface area (Å²) >= 11 is 0. The maximum Gasteiger partial charge on any atom is 0.139 e. The lowest BCUT2D eigenvalue weighted by Gasteiger charge is -2.22. The number of allylic oxidation sites excluding steroid dienone is 1. The van der Waals surface area contributed by atoms with E-state index < -0.39 is 0 Å². The van der Waals surface area contributed by atoms with Gasteiger partial charge in [-0.3, -0.25) is 0 Å². The zero-order valence-electron chi connectivity index (χ0n) is 36.9. The van der Waals surface area contributed by atoms with E-state index in [0.29, 0.717) is 0 Å². The number of aryl methyl sites for hydroxylation is 1. The highest BCUT2D eigenvalue weighted by Gasteiger charge is 2.24. The Morgan fingerprint density at radius 3 is 1.44 bits per heavy atom. The number of furan rings is 2. The first kappa shape index (κ1) is 36.5. The van der Waals surface area contributed by atoms with Crippen LogP contribution in [0.5, 0.6) is 0 Å². The third-order valence-electron chi connectivity index (χ3n) is 15.4. The molecule has 2 nitrogen and oxygen atoms in total. The molecule has 16 rings (SSSR count). The van der Waals surface area contributed by atoms with E-state index >= 15 is 0 Å². The van der Waals surface area contributed by atoms with Crippen LogP contribution in [0, 0.1) is 0 Å². The van der Waals surface area contributed by atoms with Crippen LogP contribution in [0.15, 0.2) is 209 Å². The summed E-state index contributed by atoms with van der Waals surface area (Å²) in [6.45, 7) is 0. The maximum absolute atomic E-state index is 6.76. The Hall–Kier alpha value is -8.72. The first-order chi connectivity index (χ1) is 33.7. The summed E-state index contributed by atoms with van der Waals surface area (Å²) in [6.07, 6.45) is 6.52. The molecule has 0 saturated heterocycles. The van der Waals surface area contributed by atoms with Gasteiger partial charge in [0, 0.05) is 27.1 Å². The van der Waals surface area contributed by atoms with Crippen LogP contribution >= 0.6 is 0 Å². The topological polar surface area (TPSA) is 26.3 Å². The highest BCUT2D eigenvalue weighted by Crippen LogP contribution is 2.50. The van der Waals surface area contributed by atoms with Gasteiger partial charge in [-0.25, -0.2) is 0 Å². The molecular formula is C66H38O2. The quantitative estimate of drug-likeness (QED) is 0.165. The Balaban J connectivity index is 1.05. The second-order valence-corrected chi connectivity index (χ2v) is 19.0. The Bertz CT molecular complexity index is 4640. The second kappa shape index (κ2) is 13.4. The molecule has 0 aliphatic heterocycles. The first-order valence-corrected chi connectivity index (χ1v) is 23.8. The SMILES string of the molecule is C1=Cc2ccc3c(oc4ccc(-c5cc(-c6ccc7oc8ccccc8c7c6)c(-c6ccc7ccc8cccc9ccc6c7c89)cc5-c5ccc6ccc7cccc8ccc5c6c78)cc43)c2CC1. The molecule has 2 heterocycles.